The van der Waals surface area contributed by atoms with Crippen molar-refractivity contribution in [3.63, 3.8) is 0 Å². The molecule has 0 aliphatic carbocycles. The maximum absolute atomic E-state index is 11.8. The first-order valence-electron chi connectivity index (χ1n) is 5.59. The van der Waals surface area contributed by atoms with Crippen LogP contribution in [0.5, 0.6) is 0 Å². The molecule has 0 unspecified atom stereocenters. The SMILES string of the molecule is CC(C)(C)NS(=O)(=O)Nc1ncc(C#CCCO)s1. The lowest BCUT2D eigenvalue weighted by Crippen LogP contribution is -2.43. The van der Waals surface area contributed by atoms with Crippen LogP contribution < -0.4 is 9.44 Å². The van der Waals surface area contributed by atoms with Gasteiger partial charge in [-0.25, -0.2) is 9.71 Å². The molecule has 0 saturated heterocycles. The van der Waals surface area contributed by atoms with Crippen LogP contribution in [-0.2, 0) is 10.2 Å². The fourth-order valence-electron chi connectivity index (χ4n) is 1.13. The molecule has 1 aromatic heterocycles. The monoisotopic (exact) mass is 303 g/mol. The van der Waals surface area contributed by atoms with Crippen LogP contribution in [0.4, 0.5) is 5.13 Å². The lowest BCUT2D eigenvalue weighted by atomic mass is 10.1. The molecule has 8 heteroatoms. The minimum atomic E-state index is -3.64. The lowest BCUT2D eigenvalue weighted by Gasteiger charge is -2.19. The van der Waals surface area contributed by atoms with E-state index in [1.807, 2.05) is 0 Å². The molecule has 0 amide bonds. The smallest absolute Gasteiger partial charge is 0.301 e. The highest BCUT2D eigenvalue weighted by atomic mass is 32.2. The van der Waals surface area contributed by atoms with Gasteiger partial charge in [-0.3, -0.25) is 0 Å². The molecule has 0 atom stereocenters. The van der Waals surface area contributed by atoms with Crippen LogP contribution in [0.1, 0.15) is 32.1 Å². The van der Waals surface area contributed by atoms with Gasteiger partial charge in [0.25, 0.3) is 0 Å². The van der Waals surface area contributed by atoms with E-state index < -0.39 is 15.7 Å². The highest BCUT2D eigenvalue weighted by Crippen LogP contribution is 2.18. The van der Waals surface area contributed by atoms with Crippen LogP contribution in [-0.4, -0.2) is 30.7 Å². The second-order valence-electron chi connectivity index (χ2n) is 4.76. The van der Waals surface area contributed by atoms with Crippen molar-refractivity contribution in [1.29, 1.82) is 0 Å². The number of aliphatic hydroxyl groups excluding tert-OH is 1. The molecule has 0 aliphatic rings. The van der Waals surface area contributed by atoms with E-state index in [-0.39, 0.29) is 11.7 Å². The van der Waals surface area contributed by atoms with Crippen LogP contribution in [0.2, 0.25) is 0 Å². The van der Waals surface area contributed by atoms with Gasteiger partial charge >= 0.3 is 10.2 Å². The van der Waals surface area contributed by atoms with Gasteiger partial charge in [0.1, 0.15) is 0 Å². The van der Waals surface area contributed by atoms with E-state index in [0.717, 1.165) is 11.3 Å². The summed E-state index contributed by atoms with van der Waals surface area (Å²) in [6.45, 7) is 5.25. The van der Waals surface area contributed by atoms with E-state index in [9.17, 15) is 8.42 Å². The number of aliphatic hydroxyl groups is 1. The fraction of sp³-hybridized carbons (Fsp3) is 0.545. The zero-order chi connectivity index (χ0) is 14.5. The molecule has 0 aromatic carbocycles. The van der Waals surface area contributed by atoms with Crippen molar-refractivity contribution in [2.24, 2.45) is 0 Å². The molecule has 0 bridgehead atoms. The minimum Gasteiger partial charge on any atom is -0.395 e. The van der Waals surface area contributed by atoms with Gasteiger partial charge < -0.3 is 5.11 Å². The predicted octanol–water partition coefficient (Wildman–Crippen LogP) is 0.922. The van der Waals surface area contributed by atoms with E-state index in [1.54, 1.807) is 20.8 Å². The number of thiazole rings is 1. The molecule has 19 heavy (non-hydrogen) atoms. The van der Waals surface area contributed by atoms with Crippen molar-refractivity contribution in [3.05, 3.63) is 11.1 Å². The van der Waals surface area contributed by atoms with Gasteiger partial charge in [-0.15, -0.1) is 0 Å². The first-order chi connectivity index (χ1) is 8.72. The highest BCUT2D eigenvalue weighted by Gasteiger charge is 2.20. The topological polar surface area (TPSA) is 91.3 Å². The van der Waals surface area contributed by atoms with Gasteiger partial charge in [0.05, 0.1) is 17.7 Å². The van der Waals surface area contributed by atoms with Crippen molar-refractivity contribution >= 4 is 26.7 Å². The Balaban J connectivity index is 2.72. The first-order valence-corrected chi connectivity index (χ1v) is 7.89. The summed E-state index contributed by atoms with van der Waals surface area (Å²) in [7, 11) is -3.64. The zero-order valence-corrected chi connectivity index (χ0v) is 12.7. The van der Waals surface area contributed by atoms with Crippen molar-refractivity contribution in [2.45, 2.75) is 32.7 Å². The lowest BCUT2D eigenvalue weighted by molar-refractivity contribution is 0.305. The first kappa shape index (κ1) is 15.9. The largest absolute Gasteiger partial charge is 0.395 e. The van der Waals surface area contributed by atoms with Crippen molar-refractivity contribution in [3.8, 4) is 11.8 Å². The van der Waals surface area contributed by atoms with Gasteiger partial charge in [0.2, 0.25) is 0 Å². The predicted molar refractivity (Wildman–Crippen MR) is 76.1 cm³/mol. The summed E-state index contributed by atoms with van der Waals surface area (Å²) < 4.78 is 28.3. The molecule has 0 saturated carbocycles. The van der Waals surface area contributed by atoms with E-state index >= 15 is 0 Å². The van der Waals surface area contributed by atoms with Crippen LogP contribution in [0.15, 0.2) is 6.20 Å². The standard InChI is InChI=1S/C11H17N3O3S2/c1-11(2,3)14-19(16,17)13-10-12-8-9(18-10)6-4-5-7-15/h8,14-15H,5,7H2,1-3H3,(H,12,13). The maximum atomic E-state index is 11.8. The molecule has 0 aliphatic heterocycles. The van der Waals surface area contributed by atoms with Crippen LogP contribution >= 0.6 is 11.3 Å². The number of rotatable bonds is 4. The highest BCUT2D eigenvalue weighted by molar-refractivity contribution is 7.91. The number of hydrogen-bond acceptors (Lipinski definition) is 5. The van der Waals surface area contributed by atoms with Crippen LogP contribution in [0.25, 0.3) is 0 Å². The average Bonchev–Trinajstić information content (AvgIpc) is 2.61. The molecule has 6 nitrogen and oxygen atoms in total. The number of aromatic nitrogens is 1. The van der Waals surface area contributed by atoms with E-state index in [2.05, 4.69) is 26.3 Å². The van der Waals surface area contributed by atoms with Gasteiger partial charge in [-0.05, 0) is 20.8 Å². The third-order valence-corrected chi connectivity index (χ3v) is 3.92. The zero-order valence-electron chi connectivity index (χ0n) is 11.0. The second-order valence-corrected chi connectivity index (χ2v) is 7.21. The Kier molecular flexibility index (Phi) is 5.31. The van der Waals surface area contributed by atoms with Crippen LogP contribution in [0, 0.1) is 11.8 Å². The van der Waals surface area contributed by atoms with Crippen molar-refractivity contribution < 1.29 is 13.5 Å². The summed E-state index contributed by atoms with van der Waals surface area (Å²) >= 11 is 1.14. The number of anilines is 1. The molecule has 106 valence electrons. The number of nitrogens with zero attached hydrogens (tertiary/aromatic N) is 1. The molecule has 0 spiro atoms. The number of hydrogen-bond donors (Lipinski definition) is 3. The fourth-order valence-corrected chi connectivity index (χ4v) is 3.31. The van der Waals surface area contributed by atoms with Crippen LogP contribution in [0.3, 0.4) is 0 Å². The maximum Gasteiger partial charge on any atom is 0.301 e. The Labute approximate surface area is 117 Å². The summed E-state index contributed by atoms with van der Waals surface area (Å²) in [6.07, 6.45) is 1.87. The molecule has 1 rings (SSSR count). The Morgan fingerprint density at radius 2 is 2.16 bits per heavy atom. The van der Waals surface area contributed by atoms with Gasteiger partial charge in [-0.1, -0.05) is 23.2 Å². The molecule has 0 fully saturated rings. The van der Waals surface area contributed by atoms with E-state index in [4.69, 9.17) is 5.11 Å². The average molecular weight is 303 g/mol. The van der Waals surface area contributed by atoms with Gasteiger partial charge in [-0.2, -0.15) is 13.1 Å². The molecule has 1 aromatic rings. The van der Waals surface area contributed by atoms with Gasteiger partial charge in [0, 0.05) is 12.0 Å². The number of nitrogens with one attached hydrogen (secondary N) is 2. The Bertz CT molecular complexity index is 576. The Morgan fingerprint density at radius 1 is 1.47 bits per heavy atom. The quantitative estimate of drug-likeness (QED) is 0.721. The summed E-state index contributed by atoms with van der Waals surface area (Å²) in [5, 5.41) is 8.85. The van der Waals surface area contributed by atoms with Crippen molar-refractivity contribution in [2.75, 3.05) is 11.3 Å². The molecular weight excluding hydrogens is 286 g/mol. The van der Waals surface area contributed by atoms with E-state index in [0.29, 0.717) is 11.3 Å². The second kappa shape index (κ2) is 6.34. The third-order valence-electron chi connectivity index (χ3n) is 1.62. The molecule has 1 heterocycles. The Morgan fingerprint density at radius 3 is 2.74 bits per heavy atom. The Hall–Kier alpha value is -1.14. The molecule has 3 N–H and O–H groups in total. The van der Waals surface area contributed by atoms with Gasteiger partial charge in [0.15, 0.2) is 5.13 Å². The van der Waals surface area contributed by atoms with E-state index in [1.165, 1.54) is 6.20 Å². The minimum absolute atomic E-state index is 0.000787. The third kappa shape index (κ3) is 6.54. The normalized spacial score (nSPS) is 11.8. The molecule has 0 radical (unpaired) electrons. The summed E-state index contributed by atoms with van der Waals surface area (Å²) in [4.78, 5) is 4.57. The van der Waals surface area contributed by atoms with Crippen molar-refractivity contribution in [1.82, 2.24) is 9.71 Å². The summed E-state index contributed by atoms with van der Waals surface area (Å²) in [5.41, 5.74) is -0.563. The summed E-state index contributed by atoms with van der Waals surface area (Å²) in [6, 6.07) is 0. The summed E-state index contributed by atoms with van der Waals surface area (Å²) in [5.74, 6) is 5.53. The molecular formula is C11H17N3O3S2.